The zero-order chi connectivity index (χ0) is 11.4. The van der Waals surface area contributed by atoms with Crippen LogP contribution < -0.4 is 4.74 Å². The van der Waals surface area contributed by atoms with Crippen LogP contribution in [0.25, 0.3) is 0 Å². The van der Waals surface area contributed by atoms with Crippen molar-refractivity contribution < 1.29 is 4.74 Å². The second kappa shape index (κ2) is 5.41. The number of thioether (sulfide) groups is 1. The maximum Gasteiger partial charge on any atom is 0.165 e. The molecule has 0 saturated carbocycles. The molecule has 0 saturated heterocycles. The van der Waals surface area contributed by atoms with Crippen LogP contribution in [-0.2, 0) is 5.75 Å². The second-order valence-corrected chi connectivity index (χ2v) is 5.02. The van der Waals surface area contributed by atoms with Crippen molar-refractivity contribution in [1.29, 1.82) is 0 Å². The van der Waals surface area contributed by atoms with Gasteiger partial charge in [-0.2, -0.15) is 0 Å². The Morgan fingerprint density at radius 2 is 2.38 bits per heavy atom. The third kappa shape index (κ3) is 2.80. The van der Waals surface area contributed by atoms with Gasteiger partial charge in [0.25, 0.3) is 0 Å². The minimum atomic E-state index is 0.829. The highest BCUT2D eigenvalue weighted by Gasteiger charge is 2.05. The Morgan fingerprint density at radius 1 is 1.50 bits per heavy atom. The molecular weight excluding hydrogens is 288 g/mol. The second-order valence-electron chi connectivity index (χ2n) is 3.14. The van der Waals surface area contributed by atoms with Crippen molar-refractivity contribution in [3.05, 3.63) is 40.6 Å². The van der Waals surface area contributed by atoms with Crippen molar-refractivity contribution in [2.24, 2.45) is 0 Å². The Labute approximate surface area is 107 Å². The lowest BCUT2D eigenvalue weighted by Gasteiger charge is -2.07. The molecule has 2 aromatic rings. The fourth-order valence-corrected chi connectivity index (χ4v) is 2.55. The molecule has 0 spiro atoms. The molecule has 84 valence electrons. The van der Waals surface area contributed by atoms with Gasteiger partial charge in [-0.25, -0.2) is 4.98 Å². The van der Waals surface area contributed by atoms with Gasteiger partial charge in [0, 0.05) is 28.2 Å². The lowest BCUT2D eigenvalue weighted by molar-refractivity contribution is 0.411. The van der Waals surface area contributed by atoms with E-state index in [1.807, 2.05) is 18.3 Å². The number of imidazole rings is 1. The molecule has 5 heteroatoms. The largest absolute Gasteiger partial charge is 0.496 e. The molecule has 0 amide bonds. The number of rotatable bonds is 4. The molecular formula is C11H11BrN2OS. The van der Waals surface area contributed by atoms with Gasteiger partial charge in [0.05, 0.1) is 7.11 Å². The van der Waals surface area contributed by atoms with Crippen molar-refractivity contribution in [2.45, 2.75) is 10.9 Å². The van der Waals surface area contributed by atoms with E-state index < -0.39 is 0 Å². The van der Waals surface area contributed by atoms with Gasteiger partial charge in [-0.3, -0.25) is 0 Å². The van der Waals surface area contributed by atoms with Crippen molar-refractivity contribution in [1.82, 2.24) is 9.97 Å². The molecule has 1 aromatic carbocycles. The Balaban J connectivity index is 2.11. The number of methoxy groups -OCH3 is 1. The first-order valence-corrected chi connectivity index (χ1v) is 6.52. The Kier molecular flexibility index (Phi) is 3.90. The summed E-state index contributed by atoms with van der Waals surface area (Å²) in [4.78, 5) is 7.22. The normalized spacial score (nSPS) is 10.4. The Bertz CT molecular complexity index is 459. The third-order valence-electron chi connectivity index (χ3n) is 2.08. The molecule has 1 N–H and O–H groups in total. The predicted octanol–water partition coefficient (Wildman–Crippen LogP) is 3.47. The summed E-state index contributed by atoms with van der Waals surface area (Å²) < 4.78 is 6.36. The molecule has 1 aromatic heterocycles. The molecule has 0 aliphatic carbocycles. The summed E-state index contributed by atoms with van der Waals surface area (Å²) in [7, 11) is 1.68. The molecule has 0 fully saturated rings. The van der Waals surface area contributed by atoms with E-state index in [-0.39, 0.29) is 0 Å². The number of ether oxygens (including phenoxy) is 1. The van der Waals surface area contributed by atoms with Crippen LogP contribution in [-0.4, -0.2) is 17.1 Å². The fraction of sp³-hybridized carbons (Fsp3) is 0.182. The number of benzene rings is 1. The summed E-state index contributed by atoms with van der Waals surface area (Å²) in [6, 6.07) is 6.00. The van der Waals surface area contributed by atoms with Crippen molar-refractivity contribution >= 4 is 27.7 Å². The zero-order valence-electron chi connectivity index (χ0n) is 8.74. The van der Waals surface area contributed by atoms with Gasteiger partial charge in [-0.15, -0.1) is 0 Å². The van der Waals surface area contributed by atoms with Gasteiger partial charge < -0.3 is 9.72 Å². The van der Waals surface area contributed by atoms with Crippen LogP contribution in [0.15, 0.2) is 40.2 Å². The SMILES string of the molecule is COc1ccc(Br)cc1CSc1ncc[nH]1. The molecule has 2 rings (SSSR count). The topological polar surface area (TPSA) is 37.9 Å². The highest BCUT2D eigenvalue weighted by atomic mass is 79.9. The van der Waals surface area contributed by atoms with E-state index >= 15 is 0 Å². The van der Waals surface area contributed by atoms with Crippen molar-refractivity contribution in [2.75, 3.05) is 7.11 Å². The number of hydrogen-bond donors (Lipinski definition) is 1. The number of aromatic nitrogens is 2. The van der Waals surface area contributed by atoms with Crippen LogP contribution >= 0.6 is 27.7 Å². The summed E-state index contributed by atoms with van der Waals surface area (Å²) in [5, 5.41) is 0.919. The number of nitrogens with one attached hydrogen (secondary N) is 1. The predicted molar refractivity (Wildman–Crippen MR) is 68.8 cm³/mol. The lowest BCUT2D eigenvalue weighted by Crippen LogP contribution is -1.90. The Hall–Kier alpha value is -0.940. The maximum atomic E-state index is 5.31. The van der Waals surface area contributed by atoms with E-state index in [9.17, 15) is 0 Å². The minimum Gasteiger partial charge on any atom is -0.496 e. The van der Waals surface area contributed by atoms with Gasteiger partial charge in [-0.1, -0.05) is 27.7 Å². The smallest absolute Gasteiger partial charge is 0.165 e. The molecule has 0 aliphatic heterocycles. The van der Waals surface area contributed by atoms with Crippen LogP contribution in [0, 0.1) is 0 Å². The molecule has 16 heavy (non-hydrogen) atoms. The average molecular weight is 299 g/mol. The molecule has 3 nitrogen and oxygen atoms in total. The first kappa shape index (κ1) is 11.5. The molecule has 0 bridgehead atoms. The van der Waals surface area contributed by atoms with Crippen LogP contribution in [0.5, 0.6) is 5.75 Å². The quantitative estimate of drug-likeness (QED) is 0.878. The number of H-pyrrole nitrogens is 1. The molecule has 0 radical (unpaired) electrons. The fourth-order valence-electron chi connectivity index (χ4n) is 1.34. The van der Waals surface area contributed by atoms with Crippen LogP contribution in [0.1, 0.15) is 5.56 Å². The summed E-state index contributed by atoms with van der Waals surface area (Å²) in [6.45, 7) is 0. The van der Waals surface area contributed by atoms with E-state index in [1.165, 1.54) is 0 Å². The maximum absolute atomic E-state index is 5.31. The van der Waals surface area contributed by atoms with Crippen LogP contribution in [0.4, 0.5) is 0 Å². The minimum absolute atomic E-state index is 0.829. The van der Waals surface area contributed by atoms with Gasteiger partial charge in [0.1, 0.15) is 5.75 Å². The van der Waals surface area contributed by atoms with Gasteiger partial charge in [0.2, 0.25) is 0 Å². The number of nitrogens with zero attached hydrogens (tertiary/aromatic N) is 1. The van der Waals surface area contributed by atoms with Gasteiger partial charge in [0.15, 0.2) is 5.16 Å². The highest BCUT2D eigenvalue weighted by molar-refractivity contribution is 9.10. The first-order valence-electron chi connectivity index (χ1n) is 4.74. The van der Waals surface area contributed by atoms with Crippen LogP contribution in [0.2, 0.25) is 0 Å². The summed E-state index contributed by atoms with van der Waals surface area (Å²) in [6.07, 6.45) is 3.57. The highest BCUT2D eigenvalue weighted by Crippen LogP contribution is 2.28. The average Bonchev–Trinajstić information content (AvgIpc) is 2.79. The lowest BCUT2D eigenvalue weighted by atomic mass is 10.2. The first-order chi connectivity index (χ1) is 7.79. The molecule has 0 atom stereocenters. The van der Waals surface area contributed by atoms with E-state index in [4.69, 9.17) is 4.74 Å². The summed E-state index contributed by atoms with van der Waals surface area (Å²) in [5.41, 5.74) is 1.15. The molecule has 0 unspecified atom stereocenters. The summed E-state index contributed by atoms with van der Waals surface area (Å²) >= 11 is 5.11. The monoisotopic (exact) mass is 298 g/mol. The van der Waals surface area contributed by atoms with E-state index in [0.717, 1.165) is 26.7 Å². The van der Waals surface area contributed by atoms with Gasteiger partial charge in [-0.05, 0) is 18.2 Å². The van der Waals surface area contributed by atoms with E-state index in [0.29, 0.717) is 0 Å². The number of hydrogen-bond acceptors (Lipinski definition) is 3. The number of aromatic amines is 1. The van der Waals surface area contributed by atoms with Crippen molar-refractivity contribution in [3.63, 3.8) is 0 Å². The Morgan fingerprint density at radius 3 is 3.06 bits per heavy atom. The van der Waals surface area contributed by atoms with Crippen LogP contribution in [0.3, 0.4) is 0 Å². The van der Waals surface area contributed by atoms with Crippen molar-refractivity contribution in [3.8, 4) is 5.75 Å². The molecule has 0 aliphatic rings. The molecule has 1 heterocycles. The number of halogens is 1. The van der Waals surface area contributed by atoms with E-state index in [1.54, 1.807) is 25.1 Å². The van der Waals surface area contributed by atoms with E-state index in [2.05, 4.69) is 32.0 Å². The third-order valence-corrected chi connectivity index (χ3v) is 3.53. The summed E-state index contributed by atoms with van der Waals surface area (Å²) in [5.74, 6) is 1.73. The van der Waals surface area contributed by atoms with Gasteiger partial charge >= 0.3 is 0 Å². The standard InChI is InChI=1S/C11H11BrN2OS/c1-15-10-3-2-9(12)6-8(10)7-16-11-13-4-5-14-11/h2-6H,7H2,1H3,(H,13,14). The zero-order valence-corrected chi connectivity index (χ0v) is 11.1.